The zero-order chi connectivity index (χ0) is 25.5. The number of nitrogen functional groups attached to an aromatic ring is 2. The molecule has 0 saturated carbocycles. The molecule has 11 nitrogen and oxygen atoms in total. The van der Waals surface area contributed by atoms with Gasteiger partial charge in [0, 0.05) is 22.3 Å². The van der Waals surface area contributed by atoms with Crippen LogP contribution in [0, 0.1) is 10.8 Å². The van der Waals surface area contributed by atoms with Crippen LogP contribution >= 0.6 is 0 Å². The van der Waals surface area contributed by atoms with E-state index in [1.807, 2.05) is 0 Å². The van der Waals surface area contributed by atoms with Crippen molar-refractivity contribution in [1.82, 2.24) is 0 Å². The van der Waals surface area contributed by atoms with Crippen LogP contribution in [-0.2, 0) is 9.68 Å². The van der Waals surface area contributed by atoms with Gasteiger partial charge in [0.15, 0.2) is 11.7 Å². The van der Waals surface area contributed by atoms with E-state index in [-0.39, 0.29) is 23.3 Å². The molecule has 3 aromatic rings. The van der Waals surface area contributed by atoms with Crippen LogP contribution in [0.5, 0.6) is 0 Å². The Bertz CT molecular complexity index is 1180. The maximum atomic E-state index is 7.64. The summed E-state index contributed by atoms with van der Waals surface area (Å²) in [4.78, 5) is 10.4. The molecule has 1 aromatic heterocycles. The van der Waals surface area contributed by atoms with Gasteiger partial charge in [0.05, 0.1) is 11.1 Å². The highest BCUT2D eigenvalue weighted by atomic mass is 16.6. The second-order valence-electron chi connectivity index (χ2n) is 7.28. The molecule has 0 spiro atoms. The van der Waals surface area contributed by atoms with E-state index in [1.165, 1.54) is 0 Å². The second kappa shape index (κ2) is 10.9. The zero-order valence-electron chi connectivity index (χ0n) is 19.5. The first-order valence-electron chi connectivity index (χ1n) is 10.8. The van der Waals surface area contributed by atoms with Gasteiger partial charge >= 0.3 is 0 Å². The molecular weight excluding hydrogens is 448 g/mol. The molecule has 35 heavy (non-hydrogen) atoms. The highest BCUT2D eigenvalue weighted by Gasteiger charge is 2.28. The lowest BCUT2D eigenvalue weighted by molar-refractivity contribution is 0.158. The molecule has 3 rings (SSSR count). The van der Waals surface area contributed by atoms with Crippen LogP contribution in [-0.4, -0.2) is 36.6 Å². The molecule has 0 aliphatic carbocycles. The van der Waals surface area contributed by atoms with Crippen molar-refractivity contribution in [2.45, 2.75) is 13.8 Å². The molecule has 11 heteroatoms. The smallest absolute Gasteiger partial charge is 0.174 e. The van der Waals surface area contributed by atoms with Crippen LogP contribution in [0.4, 0.5) is 0 Å². The van der Waals surface area contributed by atoms with Crippen molar-refractivity contribution in [2.24, 2.45) is 33.2 Å². The Hall–Kier alpha value is -4.80. The Morgan fingerprint density at radius 3 is 1.31 bits per heavy atom. The Kier molecular flexibility index (Phi) is 7.72. The van der Waals surface area contributed by atoms with Crippen molar-refractivity contribution in [2.75, 3.05) is 13.2 Å². The van der Waals surface area contributed by atoms with Crippen molar-refractivity contribution in [3.8, 4) is 22.6 Å². The molecule has 0 saturated heterocycles. The Morgan fingerprint density at radius 2 is 1.03 bits per heavy atom. The quantitative estimate of drug-likeness (QED) is 0.146. The number of furan rings is 1. The molecule has 0 aliphatic rings. The lowest BCUT2D eigenvalue weighted by atomic mass is 9.99. The SMILES string of the molecule is CCON=C(N)c1c(-c2ccc(C(=N)N)cc2)oc(-c2ccc(C(=N)N)cc2)c1C(N)=NOCC. The fourth-order valence-electron chi connectivity index (χ4n) is 3.29. The molecule has 0 unspecified atom stereocenters. The summed E-state index contributed by atoms with van der Waals surface area (Å²) in [5.41, 5.74) is 27.0. The number of hydrogen-bond donors (Lipinski definition) is 6. The van der Waals surface area contributed by atoms with Crippen LogP contribution in [0.25, 0.3) is 22.6 Å². The van der Waals surface area contributed by atoms with E-state index < -0.39 is 0 Å². The maximum absolute atomic E-state index is 7.64. The summed E-state index contributed by atoms with van der Waals surface area (Å²) < 4.78 is 6.32. The molecule has 0 atom stereocenters. The third kappa shape index (κ3) is 5.41. The van der Waals surface area contributed by atoms with E-state index in [0.717, 1.165) is 0 Å². The van der Waals surface area contributed by atoms with Gasteiger partial charge in [-0.3, -0.25) is 10.8 Å². The molecular formula is C24H28N8O3. The predicted molar refractivity (Wildman–Crippen MR) is 136 cm³/mol. The number of nitrogens with zero attached hydrogens (tertiary/aromatic N) is 2. The first-order valence-corrected chi connectivity index (χ1v) is 10.8. The minimum absolute atomic E-state index is 0.0255. The van der Waals surface area contributed by atoms with E-state index in [9.17, 15) is 0 Å². The summed E-state index contributed by atoms with van der Waals surface area (Å²) in [6, 6.07) is 13.8. The molecule has 0 bridgehead atoms. The minimum atomic E-state index is -0.0614. The number of amidine groups is 4. The summed E-state index contributed by atoms with van der Waals surface area (Å²) in [5, 5.41) is 23.3. The first kappa shape index (κ1) is 24.8. The van der Waals surface area contributed by atoms with E-state index in [1.54, 1.807) is 62.4 Å². The van der Waals surface area contributed by atoms with E-state index in [2.05, 4.69) is 10.3 Å². The monoisotopic (exact) mass is 476 g/mol. The molecule has 0 fully saturated rings. The van der Waals surface area contributed by atoms with Gasteiger partial charge in [0.25, 0.3) is 0 Å². The van der Waals surface area contributed by atoms with Gasteiger partial charge in [-0.05, 0) is 13.8 Å². The first-order chi connectivity index (χ1) is 16.8. The van der Waals surface area contributed by atoms with Gasteiger partial charge in [-0.2, -0.15) is 0 Å². The largest absolute Gasteiger partial charge is 0.454 e. The van der Waals surface area contributed by atoms with Crippen LogP contribution in [0.2, 0.25) is 0 Å². The van der Waals surface area contributed by atoms with Gasteiger partial charge < -0.3 is 37.0 Å². The molecule has 2 aromatic carbocycles. The standard InChI is InChI=1S/C24H28N8O3/c1-3-33-31-23(29)17-18(24(30)32-34-4-2)20(14-7-11-16(12-8-14)22(27)28)35-19(17)13-5-9-15(10-6-13)21(25)26/h5-12H,3-4H2,1-2H3,(H3,25,26)(H3,27,28)(H2,29,31)(H2,30,32). The van der Waals surface area contributed by atoms with E-state index in [0.29, 0.717) is 58.1 Å². The van der Waals surface area contributed by atoms with Gasteiger partial charge in [0.1, 0.15) is 36.4 Å². The summed E-state index contributed by atoms with van der Waals surface area (Å²) >= 11 is 0. The molecule has 0 amide bonds. The molecule has 1 heterocycles. The van der Waals surface area contributed by atoms with Crippen LogP contribution in [0.1, 0.15) is 36.1 Å². The fourth-order valence-corrected chi connectivity index (χ4v) is 3.29. The average molecular weight is 477 g/mol. The van der Waals surface area contributed by atoms with Crippen LogP contribution in [0.3, 0.4) is 0 Å². The van der Waals surface area contributed by atoms with Gasteiger partial charge in [-0.15, -0.1) is 0 Å². The Labute approximate surface area is 202 Å². The van der Waals surface area contributed by atoms with Crippen molar-refractivity contribution in [3.63, 3.8) is 0 Å². The normalized spacial score (nSPS) is 11.8. The van der Waals surface area contributed by atoms with Crippen molar-refractivity contribution >= 4 is 23.3 Å². The molecule has 182 valence electrons. The van der Waals surface area contributed by atoms with Gasteiger partial charge in [-0.1, -0.05) is 58.8 Å². The van der Waals surface area contributed by atoms with Crippen molar-refractivity contribution < 1.29 is 14.1 Å². The fraction of sp³-hybridized carbons (Fsp3) is 0.167. The third-order valence-corrected chi connectivity index (χ3v) is 4.92. The molecule has 0 radical (unpaired) electrons. The highest BCUT2D eigenvalue weighted by Crippen LogP contribution is 2.37. The zero-order valence-corrected chi connectivity index (χ0v) is 19.5. The van der Waals surface area contributed by atoms with Crippen molar-refractivity contribution in [1.29, 1.82) is 10.8 Å². The van der Waals surface area contributed by atoms with Crippen LogP contribution in [0.15, 0.2) is 63.3 Å². The number of nitrogens with one attached hydrogen (secondary N) is 2. The average Bonchev–Trinajstić information content (AvgIpc) is 3.26. The highest BCUT2D eigenvalue weighted by molar-refractivity contribution is 6.16. The Morgan fingerprint density at radius 1 is 0.686 bits per heavy atom. The lowest BCUT2D eigenvalue weighted by Crippen LogP contribution is -2.22. The minimum Gasteiger partial charge on any atom is -0.454 e. The molecule has 0 aliphatic heterocycles. The summed E-state index contributed by atoms with van der Waals surface area (Å²) in [7, 11) is 0. The van der Waals surface area contributed by atoms with Crippen LogP contribution < -0.4 is 22.9 Å². The predicted octanol–water partition coefficient (Wildman–Crippen LogP) is 2.50. The van der Waals surface area contributed by atoms with Gasteiger partial charge in [-0.25, -0.2) is 0 Å². The van der Waals surface area contributed by atoms with Gasteiger partial charge in [0.2, 0.25) is 0 Å². The summed E-state index contributed by atoms with van der Waals surface area (Å²) in [5.74, 6) is 0.644. The summed E-state index contributed by atoms with van der Waals surface area (Å²) in [6.07, 6.45) is 0. The number of nitrogens with two attached hydrogens (primary N) is 4. The number of rotatable bonds is 10. The van der Waals surface area contributed by atoms with E-state index >= 15 is 0 Å². The number of benzene rings is 2. The third-order valence-electron chi connectivity index (χ3n) is 4.92. The van der Waals surface area contributed by atoms with Crippen molar-refractivity contribution in [3.05, 3.63) is 70.8 Å². The number of hydrogen-bond acceptors (Lipinski definition) is 7. The molecule has 10 N–H and O–H groups in total. The topological polar surface area (TPSA) is 208 Å². The summed E-state index contributed by atoms with van der Waals surface area (Å²) in [6.45, 7) is 4.17. The number of oxime groups is 2. The second-order valence-corrected chi connectivity index (χ2v) is 7.28. The maximum Gasteiger partial charge on any atom is 0.174 e. The lowest BCUT2D eigenvalue weighted by Gasteiger charge is -2.07. The Balaban J connectivity index is 2.33. The van der Waals surface area contributed by atoms with E-state index in [4.69, 9.17) is 47.8 Å².